The van der Waals surface area contributed by atoms with Gasteiger partial charge in [-0.25, -0.2) is 0 Å². The molecule has 13 heavy (non-hydrogen) atoms. The molecule has 0 aliphatic carbocycles. The highest BCUT2D eigenvalue weighted by atomic mass is 16.5. The third-order valence-electron chi connectivity index (χ3n) is 3.39. The molecule has 2 atom stereocenters. The highest BCUT2D eigenvalue weighted by Gasteiger charge is 2.47. The summed E-state index contributed by atoms with van der Waals surface area (Å²) in [6.07, 6.45) is 3.42. The zero-order chi connectivity index (χ0) is 9.31. The second kappa shape index (κ2) is 3.28. The quantitative estimate of drug-likeness (QED) is 0.607. The highest BCUT2D eigenvalue weighted by molar-refractivity contribution is 5.15. The molecule has 2 heterocycles. The molecule has 2 unspecified atom stereocenters. The lowest BCUT2D eigenvalue weighted by Gasteiger charge is -2.34. The topological polar surface area (TPSA) is 36.3 Å². The van der Waals surface area contributed by atoms with Crippen LogP contribution in [0.3, 0.4) is 0 Å². The van der Waals surface area contributed by atoms with Crippen molar-refractivity contribution < 1.29 is 4.74 Å². The van der Waals surface area contributed by atoms with E-state index in [1.807, 2.05) is 6.92 Å². The van der Waals surface area contributed by atoms with Gasteiger partial charge in [0.1, 0.15) is 5.54 Å². The zero-order valence-electron chi connectivity index (χ0n) is 8.12. The number of likely N-dealkylation sites (tertiary alicyclic amines) is 1. The molecule has 3 heteroatoms. The second-order valence-electron chi connectivity index (χ2n) is 3.99. The lowest BCUT2D eigenvalue weighted by molar-refractivity contribution is 0.0528. The summed E-state index contributed by atoms with van der Waals surface area (Å²) in [5.74, 6) is 0. The van der Waals surface area contributed by atoms with Crippen molar-refractivity contribution in [2.24, 2.45) is 0 Å². The van der Waals surface area contributed by atoms with Crippen LogP contribution in [-0.4, -0.2) is 36.2 Å². The molecule has 0 radical (unpaired) electrons. The zero-order valence-corrected chi connectivity index (χ0v) is 8.12. The standard InChI is InChI=1S/C10H16N2O/c1-9-10(8-11,4-7-13-9)12-5-2-3-6-12/h9H,2-7H2,1H3. The van der Waals surface area contributed by atoms with Crippen LogP contribution in [0.5, 0.6) is 0 Å². The van der Waals surface area contributed by atoms with E-state index in [4.69, 9.17) is 4.74 Å². The molecular formula is C10H16N2O. The maximum atomic E-state index is 9.28. The van der Waals surface area contributed by atoms with Gasteiger partial charge in [0.15, 0.2) is 0 Å². The molecule has 0 bridgehead atoms. The van der Waals surface area contributed by atoms with E-state index in [2.05, 4.69) is 11.0 Å². The van der Waals surface area contributed by atoms with Crippen LogP contribution >= 0.6 is 0 Å². The van der Waals surface area contributed by atoms with Crippen molar-refractivity contribution in [3.8, 4) is 6.07 Å². The molecule has 2 rings (SSSR count). The maximum Gasteiger partial charge on any atom is 0.137 e. The predicted octanol–water partition coefficient (Wildman–Crippen LogP) is 1.15. The molecule has 0 N–H and O–H groups in total. The van der Waals surface area contributed by atoms with Crippen molar-refractivity contribution in [2.75, 3.05) is 19.7 Å². The van der Waals surface area contributed by atoms with E-state index in [1.54, 1.807) is 0 Å². The van der Waals surface area contributed by atoms with Crippen molar-refractivity contribution in [3.63, 3.8) is 0 Å². The molecule has 0 aromatic heterocycles. The molecule has 3 nitrogen and oxygen atoms in total. The van der Waals surface area contributed by atoms with Crippen LogP contribution in [-0.2, 0) is 4.74 Å². The molecule has 0 spiro atoms. The van der Waals surface area contributed by atoms with Crippen LogP contribution in [0.1, 0.15) is 26.2 Å². The first-order valence-electron chi connectivity index (χ1n) is 5.07. The predicted molar refractivity (Wildman–Crippen MR) is 49.2 cm³/mol. The fraction of sp³-hybridized carbons (Fsp3) is 0.900. The van der Waals surface area contributed by atoms with Gasteiger partial charge >= 0.3 is 0 Å². The summed E-state index contributed by atoms with van der Waals surface area (Å²) in [4.78, 5) is 2.31. The summed E-state index contributed by atoms with van der Waals surface area (Å²) in [5.41, 5.74) is -0.309. The van der Waals surface area contributed by atoms with Crippen molar-refractivity contribution in [1.29, 1.82) is 5.26 Å². The molecule has 0 aromatic rings. The van der Waals surface area contributed by atoms with Gasteiger partial charge < -0.3 is 4.74 Å². The van der Waals surface area contributed by atoms with E-state index < -0.39 is 0 Å². The van der Waals surface area contributed by atoms with Gasteiger partial charge in [-0.15, -0.1) is 0 Å². The van der Waals surface area contributed by atoms with E-state index in [9.17, 15) is 5.26 Å². The number of hydrogen-bond acceptors (Lipinski definition) is 3. The van der Waals surface area contributed by atoms with Gasteiger partial charge in [0.25, 0.3) is 0 Å². The molecule has 0 aromatic carbocycles. The smallest absolute Gasteiger partial charge is 0.137 e. The van der Waals surface area contributed by atoms with Crippen LogP contribution in [0.4, 0.5) is 0 Å². The van der Waals surface area contributed by atoms with E-state index in [0.717, 1.165) is 26.1 Å². The third-order valence-corrected chi connectivity index (χ3v) is 3.39. The highest BCUT2D eigenvalue weighted by Crippen LogP contribution is 2.33. The Kier molecular flexibility index (Phi) is 2.27. The molecule has 72 valence electrons. The van der Waals surface area contributed by atoms with Crippen LogP contribution in [0.25, 0.3) is 0 Å². The van der Waals surface area contributed by atoms with Gasteiger partial charge in [0, 0.05) is 13.0 Å². The molecule has 2 saturated heterocycles. The largest absolute Gasteiger partial charge is 0.375 e. The molecule has 0 amide bonds. The second-order valence-corrected chi connectivity index (χ2v) is 3.99. The van der Waals surface area contributed by atoms with E-state index >= 15 is 0 Å². The Labute approximate surface area is 79.3 Å². The monoisotopic (exact) mass is 180 g/mol. The molecule has 0 saturated carbocycles. The van der Waals surface area contributed by atoms with Gasteiger partial charge in [-0.1, -0.05) is 0 Å². The van der Waals surface area contributed by atoms with Crippen LogP contribution in [0.2, 0.25) is 0 Å². The van der Waals surface area contributed by atoms with Crippen LogP contribution < -0.4 is 0 Å². The average molecular weight is 180 g/mol. The Morgan fingerprint density at radius 2 is 2.15 bits per heavy atom. The lowest BCUT2D eigenvalue weighted by Crippen LogP contribution is -2.50. The van der Waals surface area contributed by atoms with Crippen molar-refractivity contribution in [1.82, 2.24) is 4.90 Å². The number of ether oxygens (including phenoxy) is 1. The minimum atomic E-state index is -0.309. The number of hydrogen-bond donors (Lipinski definition) is 0. The van der Waals surface area contributed by atoms with Crippen LogP contribution in [0, 0.1) is 11.3 Å². The Bertz CT molecular complexity index is 230. The first-order chi connectivity index (χ1) is 6.29. The van der Waals surface area contributed by atoms with Gasteiger partial charge in [-0.3, -0.25) is 4.90 Å². The van der Waals surface area contributed by atoms with Crippen molar-refractivity contribution in [3.05, 3.63) is 0 Å². The van der Waals surface area contributed by atoms with Gasteiger partial charge in [0.05, 0.1) is 12.2 Å². The summed E-state index contributed by atoms with van der Waals surface area (Å²) in [6.45, 7) is 4.91. The maximum absolute atomic E-state index is 9.28. The fourth-order valence-corrected chi connectivity index (χ4v) is 2.48. The van der Waals surface area contributed by atoms with Crippen molar-refractivity contribution in [2.45, 2.75) is 37.8 Å². The van der Waals surface area contributed by atoms with Crippen molar-refractivity contribution >= 4 is 0 Å². The summed E-state index contributed by atoms with van der Waals surface area (Å²) >= 11 is 0. The van der Waals surface area contributed by atoms with Crippen LogP contribution in [0.15, 0.2) is 0 Å². The number of rotatable bonds is 1. The summed E-state index contributed by atoms with van der Waals surface area (Å²) in [5, 5.41) is 9.28. The SMILES string of the molecule is CC1OCCC1(C#N)N1CCCC1. The Morgan fingerprint density at radius 3 is 2.62 bits per heavy atom. The molecule has 2 aliphatic rings. The molecular weight excluding hydrogens is 164 g/mol. The lowest BCUT2D eigenvalue weighted by atomic mass is 9.92. The molecule has 2 fully saturated rings. The van der Waals surface area contributed by atoms with E-state index in [-0.39, 0.29) is 11.6 Å². The minimum absolute atomic E-state index is 0.0793. The summed E-state index contributed by atoms with van der Waals surface area (Å²) in [6, 6.07) is 2.47. The third kappa shape index (κ3) is 1.25. The van der Waals surface area contributed by atoms with E-state index in [0.29, 0.717) is 0 Å². The summed E-state index contributed by atoms with van der Waals surface area (Å²) in [7, 11) is 0. The number of nitriles is 1. The fourth-order valence-electron chi connectivity index (χ4n) is 2.48. The average Bonchev–Trinajstić information content (AvgIpc) is 2.73. The molecule has 2 aliphatic heterocycles. The Morgan fingerprint density at radius 1 is 1.46 bits per heavy atom. The number of nitrogens with zero attached hydrogens (tertiary/aromatic N) is 2. The first-order valence-corrected chi connectivity index (χ1v) is 5.07. The van der Waals surface area contributed by atoms with E-state index in [1.165, 1.54) is 12.8 Å². The Balaban J connectivity index is 2.19. The van der Waals surface area contributed by atoms with Gasteiger partial charge in [0.2, 0.25) is 0 Å². The Hall–Kier alpha value is -0.590. The first kappa shape index (κ1) is 8.98. The normalized spacial score (nSPS) is 40.8. The van der Waals surface area contributed by atoms with Gasteiger partial charge in [-0.2, -0.15) is 5.26 Å². The minimum Gasteiger partial charge on any atom is -0.375 e. The summed E-state index contributed by atoms with van der Waals surface area (Å²) < 4.78 is 5.51. The van der Waals surface area contributed by atoms with Gasteiger partial charge in [-0.05, 0) is 32.9 Å².